The maximum absolute atomic E-state index is 12.7. The van der Waals surface area contributed by atoms with E-state index >= 15 is 0 Å². The van der Waals surface area contributed by atoms with Crippen LogP contribution in [0.1, 0.15) is 30.9 Å². The van der Waals surface area contributed by atoms with Gasteiger partial charge in [-0.15, -0.1) is 0 Å². The summed E-state index contributed by atoms with van der Waals surface area (Å²) >= 11 is 0. The Labute approximate surface area is 201 Å². The number of amides is 2. The molecule has 0 saturated carbocycles. The van der Waals surface area contributed by atoms with E-state index in [-0.39, 0.29) is 6.03 Å². The van der Waals surface area contributed by atoms with Crippen molar-refractivity contribution in [2.45, 2.75) is 32.9 Å². The first-order valence-corrected chi connectivity index (χ1v) is 11.8. The van der Waals surface area contributed by atoms with Crippen LogP contribution < -0.4 is 19.7 Å². The van der Waals surface area contributed by atoms with Crippen molar-refractivity contribution in [2.24, 2.45) is 0 Å². The van der Waals surface area contributed by atoms with Gasteiger partial charge in [-0.05, 0) is 49.1 Å². The average molecular weight is 461 g/mol. The Morgan fingerprint density at radius 2 is 1.76 bits per heavy atom. The van der Waals surface area contributed by atoms with Crippen molar-refractivity contribution in [3.05, 3.63) is 78.0 Å². The van der Waals surface area contributed by atoms with Crippen LogP contribution in [0.4, 0.5) is 10.5 Å². The van der Waals surface area contributed by atoms with Crippen molar-refractivity contribution in [1.29, 1.82) is 0 Å². The van der Waals surface area contributed by atoms with Crippen LogP contribution >= 0.6 is 0 Å². The second-order valence-corrected chi connectivity index (χ2v) is 8.32. The van der Waals surface area contributed by atoms with Crippen LogP contribution in [0.15, 0.2) is 66.9 Å². The number of urea groups is 1. The molecule has 2 aromatic carbocycles. The molecular weight excluding hydrogens is 428 g/mol. The topological polar surface area (TPSA) is 66.9 Å². The zero-order valence-corrected chi connectivity index (χ0v) is 19.9. The van der Waals surface area contributed by atoms with Gasteiger partial charge in [0.1, 0.15) is 0 Å². The Morgan fingerprint density at radius 1 is 1.03 bits per heavy atom. The Hall–Kier alpha value is -3.74. The van der Waals surface area contributed by atoms with Gasteiger partial charge in [0, 0.05) is 51.2 Å². The number of carbonyl (C=O) groups is 1. The van der Waals surface area contributed by atoms with E-state index in [2.05, 4.69) is 33.4 Å². The molecule has 4 rings (SSSR count). The number of anilines is 1. The molecule has 0 aliphatic carbocycles. The molecule has 0 unspecified atom stereocenters. The Kier molecular flexibility index (Phi) is 7.86. The van der Waals surface area contributed by atoms with Gasteiger partial charge in [0.2, 0.25) is 5.88 Å². The van der Waals surface area contributed by atoms with Crippen molar-refractivity contribution in [2.75, 3.05) is 31.6 Å². The van der Waals surface area contributed by atoms with E-state index in [1.807, 2.05) is 50.4 Å². The van der Waals surface area contributed by atoms with E-state index in [9.17, 15) is 4.79 Å². The van der Waals surface area contributed by atoms with Crippen LogP contribution in [0.5, 0.6) is 17.4 Å². The van der Waals surface area contributed by atoms with E-state index in [4.69, 9.17) is 9.47 Å². The highest BCUT2D eigenvalue weighted by atomic mass is 16.5. The molecule has 1 N–H and O–H groups in total. The minimum atomic E-state index is -0.123. The number of para-hydroxylation sites is 3. The van der Waals surface area contributed by atoms with Gasteiger partial charge >= 0.3 is 6.03 Å². The van der Waals surface area contributed by atoms with Crippen LogP contribution in [-0.2, 0) is 13.1 Å². The minimum Gasteiger partial charge on any atom is -0.490 e. The van der Waals surface area contributed by atoms with Crippen molar-refractivity contribution in [1.82, 2.24) is 15.2 Å². The number of benzene rings is 2. The summed E-state index contributed by atoms with van der Waals surface area (Å²) in [4.78, 5) is 21.2. The molecule has 1 saturated heterocycles. The van der Waals surface area contributed by atoms with Gasteiger partial charge in [-0.3, -0.25) is 0 Å². The average Bonchev–Trinajstić information content (AvgIpc) is 3.40. The van der Waals surface area contributed by atoms with Crippen molar-refractivity contribution < 1.29 is 14.3 Å². The second-order valence-electron chi connectivity index (χ2n) is 8.32. The van der Waals surface area contributed by atoms with Crippen LogP contribution in [0.25, 0.3) is 0 Å². The monoisotopic (exact) mass is 460 g/mol. The number of hydrogen-bond donors (Lipinski definition) is 1. The van der Waals surface area contributed by atoms with E-state index in [1.54, 1.807) is 17.2 Å². The van der Waals surface area contributed by atoms with Gasteiger partial charge in [-0.2, -0.15) is 0 Å². The Balaban J connectivity index is 1.30. The molecule has 2 heterocycles. The predicted octanol–water partition coefficient (Wildman–Crippen LogP) is 5.21. The van der Waals surface area contributed by atoms with Crippen molar-refractivity contribution >= 4 is 11.7 Å². The fraction of sp³-hybridized carbons (Fsp3) is 0.333. The lowest BCUT2D eigenvalue weighted by molar-refractivity contribution is 0.206. The zero-order valence-electron chi connectivity index (χ0n) is 19.9. The van der Waals surface area contributed by atoms with Crippen LogP contribution in [0.3, 0.4) is 0 Å². The molecule has 1 aliphatic rings. The highest BCUT2D eigenvalue weighted by Gasteiger charge is 2.17. The highest BCUT2D eigenvalue weighted by molar-refractivity contribution is 5.74. The maximum Gasteiger partial charge on any atom is 0.317 e. The molecule has 7 nitrogen and oxygen atoms in total. The number of carbonyl (C=O) groups excluding carboxylic acids is 1. The van der Waals surface area contributed by atoms with E-state index < -0.39 is 0 Å². The van der Waals surface area contributed by atoms with Gasteiger partial charge < -0.3 is 24.6 Å². The molecular formula is C27H32N4O3. The standard InChI is InChI=1S/C27H32N4O3/c1-3-33-24-12-6-7-13-25(24)34-26-15-14-21(18-28-26)19-29-27(32)30(2)20-22-10-4-5-11-23(22)31-16-8-9-17-31/h4-7,10-15,18H,3,8-9,16-17,19-20H2,1-2H3,(H,29,32). The van der Waals surface area contributed by atoms with E-state index in [1.165, 1.54) is 18.5 Å². The molecule has 0 bridgehead atoms. The SMILES string of the molecule is CCOc1ccccc1Oc1ccc(CNC(=O)N(C)Cc2ccccc2N2CCCC2)cn1. The van der Waals surface area contributed by atoms with Crippen LogP contribution in [-0.4, -0.2) is 42.7 Å². The van der Waals surface area contributed by atoms with Gasteiger partial charge in [0.15, 0.2) is 11.5 Å². The predicted molar refractivity (Wildman–Crippen MR) is 134 cm³/mol. The van der Waals surface area contributed by atoms with Gasteiger partial charge in [-0.25, -0.2) is 9.78 Å². The molecule has 3 aromatic rings. The number of pyridine rings is 1. The quantitative estimate of drug-likeness (QED) is 0.475. The lowest BCUT2D eigenvalue weighted by Crippen LogP contribution is -2.36. The molecule has 7 heteroatoms. The number of aromatic nitrogens is 1. The lowest BCUT2D eigenvalue weighted by atomic mass is 10.1. The number of nitrogens with zero attached hydrogens (tertiary/aromatic N) is 3. The molecule has 34 heavy (non-hydrogen) atoms. The van der Waals surface area contributed by atoms with Crippen LogP contribution in [0.2, 0.25) is 0 Å². The first-order chi connectivity index (χ1) is 16.6. The van der Waals surface area contributed by atoms with Crippen molar-refractivity contribution in [3.8, 4) is 17.4 Å². The zero-order chi connectivity index (χ0) is 23.8. The largest absolute Gasteiger partial charge is 0.490 e. The van der Waals surface area contributed by atoms with Crippen LogP contribution in [0, 0.1) is 0 Å². The highest BCUT2D eigenvalue weighted by Crippen LogP contribution is 2.30. The number of nitrogens with one attached hydrogen (secondary N) is 1. The normalized spacial score (nSPS) is 12.9. The number of hydrogen-bond acceptors (Lipinski definition) is 5. The Bertz CT molecular complexity index is 1080. The first kappa shape index (κ1) is 23.4. The third-order valence-electron chi connectivity index (χ3n) is 5.80. The summed E-state index contributed by atoms with van der Waals surface area (Å²) in [7, 11) is 1.82. The fourth-order valence-corrected chi connectivity index (χ4v) is 4.05. The van der Waals surface area contributed by atoms with Gasteiger partial charge in [0.25, 0.3) is 0 Å². The first-order valence-electron chi connectivity index (χ1n) is 11.8. The number of ether oxygens (including phenoxy) is 2. The molecule has 2 amide bonds. The molecule has 1 fully saturated rings. The molecule has 0 spiro atoms. The minimum absolute atomic E-state index is 0.123. The van der Waals surface area contributed by atoms with E-state index in [0.29, 0.717) is 37.1 Å². The summed E-state index contributed by atoms with van der Waals surface area (Å²) in [6.45, 7) is 5.60. The van der Waals surface area contributed by atoms with E-state index in [0.717, 1.165) is 24.2 Å². The molecule has 1 aromatic heterocycles. The third kappa shape index (κ3) is 5.98. The molecule has 1 aliphatic heterocycles. The maximum atomic E-state index is 12.7. The Morgan fingerprint density at radius 3 is 2.50 bits per heavy atom. The summed E-state index contributed by atoms with van der Waals surface area (Å²) in [6.07, 6.45) is 4.16. The smallest absolute Gasteiger partial charge is 0.317 e. The fourth-order valence-electron chi connectivity index (χ4n) is 4.05. The number of rotatable bonds is 9. The molecule has 0 radical (unpaired) electrons. The third-order valence-corrected chi connectivity index (χ3v) is 5.80. The summed E-state index contributed by atoms with van der Waals surface area (Å²) in [5, 5.41) is 2.98. The summed E-state index contributed by atoms with van der Waals surface area (Å²) in [5.74, 6) is 1.77. The summed E-state index contributed by atoms with van der Waals surface area (Å²) in [6, 6.07) is 19.4. The lowest BCUT2D eigenvalue weighted by Gasteiger charge is -2.24. The van der Waals surface area contributed by atoms with Gasteiger partial charge in [-0.1, -0.05) is 36.4 Å². The second kappa shape index (κ2) is 11.4. The van der Waals surface area contributed by atoms with Crippen molar-refractivity contribution in [3.63, 3.8) is 0 Å². The summed E-state index contributed by atoms with van der Waals surface area (Å²) in [5.41, 5.74) is 3.28. The van der Waals surface area contributed by atoms with Gasteiger partial charge in [0.05, 0.1) is 6.61 Å². The molecule has 178 valence electrons. The molecule has 0 atom stereocenters. The summed E-state index contributed by atoms with van der Waals surface area (Å²) < 4.78 is 11.5.